The van der Waals surface area contributed by atoms with Gasteiger partial charge >= 0.3 is 0 Å². The highest BCUT2D eigenvalue weighted by atomic mass is 16.2. The number of rotatable bonds is 2. The van der Waals surface area contributed by atoms with E-state index in [4.69, 9.17) is 5.11 Å². The summed E-state index contributed by atoms with van der Waals surface area (Å²) in [6.45, 7) is 8.36. The minimum Gasteiger partial charge on any atom is -0.384 e. The van der Waals surface area contributed by atoms with Gasteiger partial charge in [0.05, 0.1) is 11.1 Å². The smallest absolute Gasteiger partial charge is 0.252 e. The molecule has 1 aliphatic rings. The molecular formula is C16H20N2O2. The van der Waals surface area contributed by atoms with Crippen LogP contribution in [0.15, 0.2) is 18.5 Å². The Labute approximate surface area is 119 Å². The number of aliphatic hydroxyl groups excluding tert-OH is 1. The highest BCUT2D eigenvalue weighted by Crippen LogP contribution is 2.62. The van der Waals surface area contributed by atoms with Gasteiger partial charge in [-0.05, 0) is 16.9 Å². The minimum absolute atomic E-state index is 0.0899. The number of carbonyl (C=O) groups excluding carboxylic acids is 1. The second-order valence-corrected chi connectivity index (χ2v) is 6.23. The maximum atomic E-state index is 12.4. The van der Waals surface area contributed by atoms with E-state index in [2.05, 4.69) is 49.8 Å². The van der Waals surface area contributed by atoms with Gasteiger partial charge in [0, 0.05) is 18.4 Å². The largest absolute Gasteiger partial charge is 0.384 e. The molecule has 1 aromatic rings. The summed E-state index contributed by atoms with van der Waals surface area (Å²) in [4.78, 5) is 16.4. The number of nitrogens with zero attached hydrogens (tertiary/aromatic N) is 1. The van der Waals surface area contributed by atoms with E-state index in [-0.39, 0.29) is 29.4 Å². The summed E-state index contributed by atoms with van der Waals surface area (Å²) in [7, 11) is 0. The van der Waals surface area contributed by atoms with Crippen LogP contribution in [0.2, 0.25) is 0 Å². The number of carbonyl (C=O) groups is 1. The molecule has 1 amide bonds. The van der Waals surface area contributed by atoms with E-state index >= 15 is 0 Å². The van der Waals surface area contributed by atoms with Crippen molar-refractivity contribution in [2.24, 2.45) is 10.8 Å². The van der Waals surface area contributed by atoms with E-state index in [0.29, 0.717) is 11.1 Å². The van der Waals surface area contributed by atoms with E-state index in [9.17, 15) is 4.79 Å². The molecule has 0 aromatic carbocycles. The molecule has 0 bridgehead atoms. The number of hydrogen-bond acceptors (Lipinski definition) is 3. The normalized spacial score (nSPS) is 18.9. The fraction of sp³-hybridized carbons (Fsp3) is 0.500. The first-order chi connectivity index (χ1) is 9.32. The molecule has 0 spiro atoms. The number of nitrogens with one attached hydrogen (secondary N) is 1. The molecule has 1 saturated carbocycles. The van der Waals surface area contributed by atoms with Crippen molar-refractivity contribution in [3.8, 4) is 11.8 Å². The lowest BCUT2D eigenvalue weighted by Gasteiger charge is -2.08. The molecule has 2 rings (SSSR count). The summed E-state index contributed by atoms with van der Waals surface area (Å²) >= 11 is 0. The van der Waals surface area contributed by atoms with Crippen molar-refractivity contribution in [3.05, 3.63) is 29.6 Å². The van der Waals surface area contributed by atoms with Gasteiger partial charge < -0.3 is 10.4 Å². The summed E-state index contributed by atoms with van der Waals surface area (Å²) in [6.07, 6.45) is 3.11. The first kappa shape index (κ1) is 14.5. The first-order valence-corrected chi connectivity index (χ1v) is 6.67. The van der Waals surface area contributed by atoms with Gasteiger partial charge in [0.15, 0.2) is 0 Å². The van der Waals surface area contributed by atoms with Crippen molar-refractivity contribution in [2.75, 3.05) is 6.61 Å². The van der Waals surface area contributed by atoms with Crippen molar-refractivity contribution in [2.45, 2.75) is 33.7 Å². The Morgan fingerprint density at radius 3 is 2.60 bits per heavy atom. The van der Waals surface area contributed by atoms with Gasteiger partial charge in [0.1, 0.15) is 6.61 Å². The van der Waals surface area contributed by atoms with Gasteiger partial charge in [0.25, 0.3) is 5.91 Å². The number of hydrogen-bond donors (Lipinski definition) is 2. The molecule has 20 heavy (non-hydrogen) atoms. The Hall–Kier alpha value is -1.86. The molecule has 4 heteroatoms. The van der Waals surface area contributed by atoms with Crippen LogP contribution in [0.1, 0.15) is 43.6 Å². The van der Waals surface area contributed by atoms with Crippen LogP contribution < -0.4 is 5.32 Å². The Bertz CT molecular complexity index is 580. The molecular weight excluding hydrogens is 252 g/mol. The van der Waals surface area contributed by atoms with Crippen LogP contribution in [0.5, 0.6) is 0 Å². The fourth-order valence-electron chi connectivity index (χ4n) is 2.59. The number of aromatic nitrogens is 1. The van der Waals surface area contributed by atoms with Crippen LogP contribution in [-0.4, -0.2) is 28.6 Å². The predicted octanol–water partition coefficient (Wildman–Crippen LogP) is 1.59. The van der Waals surface area contributed by atoms with Crippen molar-refractivity contribution in [1.29, 1.82) is 0 Å². The summed E-state index contributed by atoms with van der Waals surface area (Å²) in [6, 6.07) is 1.80. The van der Waals surface area contributed by atoms with Crippen LogP contribution in [0.4, 0.5) is 0 Å². The average molecular weight is 272 g/mol. The fourth-order valence-corrected chi connectivity index (χ4v) is 2.59. The molecule has 1 aromatic heterocycles. The van der Waals surface area contributed by atoms with E-state index < -0.39 is 0 Å². The zero-order valence-corrected chi connectivity index (χ0v) is 12.3. The van der Waals surface area contributed by atoms with Crippen LogP contribution in [0, 0.1) is 22.7 Å². The Morgan fingerprint density at radius 1 is 1.40 bits per heavy atom. The first-order valence-electron chi connectivity index (χ1n) is 6.67. The number of amides is 1. The number of aliphatic hydroxyl groups is 1. The topological polar surface area (TPSA) is 62.2 Å². The summed E-state index contributed by atoms with van der Waals surface area (Å²) in [5.74, 6) is 5.16. The van der Waals surface area contributed by atoms with Crippen LogP contribution in [0.25, 0.3) is 0 Å². The van der Waals surface area contributed by atoms with E-state index in [0.717, 1.165) is 0 Å². The molecule has 0 saturated heterocycles. The van der Waals surface area contributed by atoms with Gasteiger partial charge in [-0.2, -0.15) is 0 Å². The van der Waals surface area contributed by atoms with Gasteiger partial charge in [-0.15, -0.1) is 0 Å². The Kier molecular flexibility index (Phi) is 3.58. The highest BCUT2D eigenvalue weighted by Gasteiger charge is 2.65. The van der Waals surface area contributed by atoms with Crippen molar-refractivity contribution < 1.29 is 9.90 Å². The molecule has 1 heterocycles. The highest BCUT2D eigenvalue weighted by molar-refractivity contribution is 5.97. The quantitative estimate of drug-likeness (QED) is 0.804. The van der Waals surface area contributed by atoms with E-state index in [1.54, 1.807) is 18.5 Å². The van der Waals surface area contributed by atoms with Crippen LogP contribution in [-0.2, 0) is 0 Å². The standard InChI is InChI=1S/C16H20N2O2/c1-15(2)14(16(15,3)4)18-13(20)12-7-8-17-10-11(12)6-5-9-19/h7-8,10,14,19H,9H2,1-4H3,(H,18,20). The minimum atomic E-state index is -0.237. The van der Waals surface area contributed by atoms with Crippen LogP contribution in [0.3, 0.4) is 0 Å². The second kappa shape index (κ2) is 4.92. The number of pyridine rings is 1. The molecule has 0 radical (unpaired) electrons. The van der Waals surface area contributed by atoms with Gasteiger partial charge in [-0.1, -0.05) is 39.5 Å². The lowest BCUT2D eigenvalue weighted by atomic mass is 10.0. The molecule has 2 N–H and O–H groups in total. The SMILES string of the molecule is CC1(C)C(NC(=O)c2ccncc2C#CCO)C1(C)C. The summed E-state index contributed by atoms with van der Waals surface area (Å²) < 4.78 is 0. The third-order valence-electron chi connectivity index (χ3n) is 4.66. The second-order valence-electron chi connectivity index (χ2n) is 6.23. The third-order valence-corrected chi connectivity index (χ3v) is 4.66. The van der Waals surface area contributed by atoms with E-state index in [1.165, 1.54) is 0 Å². The maximum absolute atomic E-state index is 12.4. The molecule has 1 fully saturated rings. The van der Waals surface area contributed by atoms with Gasteiger partial charge in [-0.25, -0.2) is 0 Å². The molecule has 106 valence electrons. The molecule has 0 unspecified atom stereocenters. The molecule has 0 aliphatic heterocycles. The molecule has 1 aliphatic carbocycles. The van der Waals surface area contributed by atoms with Crippen molar-refractivity contribution in [3.63, 3.8) is 0 Å². The summed E-state index contributed by atoms with van der Waals surface area (Å²) in [5.41, 5.74) is 1.22. The lowest BCUT2D eigenvalue weighted by Crippen LogP contribution is -2.30. The van der Waals surface area contributed by atoms with Gasteiger partial charge in [0.2, 0.25) is 0 Å². The maximum Gasteiger partial charge on any atom is 0.252 e. The van der Waals surface area contributed by atoms with Crippen molar-refractivity contribution >= 4 is 5.91 Å². The lowest BCUT2D eigenvalue weighted by molar-refractivity contribution is 0.0943. The van der Waals surface area contributed by atoms with Crippen molar-refractivity contribution in [1.82, 2.24) is 10.3 Å². The predicted molar refractivity (Wildman–Crippen MR) is 77.0 cm³/mol. The third kappa shape index (κ3) is 2.30. The summed E-state index contributed by atoms with van der Waals surface area (Å²) in [5, 5.41) is 11.8. The zero-order valence-electron chi connectivity index (χ0n) is 12.3. The Morgan fingerprint density at radius 2 is 2.05 bits per heavy atom. The van der Waals surface area contributed by atoms with Crippen LogP contribution >= 0.6 is 0 Å². The average Bonchev–Trinajstić information content (AvgIpc) is 2.79. The van der Waals surface area contributed by atoms with Gasteiger partial charge in [-0.3, -0.25) is 9.78 Å². The monoisotopic (exact) mass is 272 g/mol. The Balaban J connectivity index is 2.19. The molecule has 4 nitrogen and oxygen atoms in total. The zero-order chi connectivity index (χ0) is 15.0. The molecule has 0 atom stereocenters. The van der Waals surface area contributed by atoms with E-state index in [1.807, 2.05) is 0 Å².